The number of benzene rings is 1. The van der Waals surface area contributed by atoms with Crippen molar-refractivity contribution in [3.8, 4) is 0 Å². The third-order valence-corrected chi connectivity index (χ3v) is 2.92. The lowest BCUT2D eigenvalue weighted by Crippen LogP contribution is -2.24. The van der Waals surface area contributed by atoms with E-state index in [1.54, 1.807) is 6.08 Å². The Bertz CT molecular complexity index is 443. The SMILES string of the molecule is C=C/C(C(=C)CCC)=C(/N)N(C)c1ccccc1. The van der Waals surface area contributed by atoms with Gasteiger partial charge in [0.25, 0.3) is 0 Å². The molecule has 0 aromatic heterocycles. The van der Waals surface area contributed by atoms with E-state index < -0.39 is 0 Å². The predicted molar refractivity (Wildman–Crippen MR) is 80.3 cm³/mol. The minimum Gasteiger partial charge on any atom is -0.385 e. The molecule has 0 saturated carbocycles. The fraction of sp³-hybridized carbons (Fsp3) is 0.250. The minimum atomic E-state index is 0.689. The first-order valence-corrected chi connectivity index (χ1v) is 6.20. The first kappa shape index (κ1) is 14.1. The number of hydrogen-bond donors (Lipinski definition) is 1. The summed E-state index contributed by atoms with van der Waals surface area (Å²) >= 11 is 0. The lowest BCUT2D eigenvalue weighted by atomic mass is 10.0. The highest BCUT2D eigenvalue weighted by Gasteiger charge is 2.09. The van der Waals surface area contributed by atoms with Crippen LogP contribution in [0.2, 0.25) is 0 Å². The van der Waals surface area contributed by atoms with E-state index in [1.165, 1.54) is 0 Å². The largest absolute Gasteiger partial charge is 0.385 e. The molecule has 0 saturated heterocycles. The zero-order valence-electron chi connectivity index (χ0n) is 11.3. The first-order valence-electron chi connectivity index (χ1n) is 6.20. The quantitative estimate of drug-likeness (QED) is 0.768. The van der Waals surface area contributed by atoms with Gasteiger partial charge in [0, 0.05) is 18.3 Å². The highest BCUT2D eigenvalue weighted by molar-refractivity contribution is 5.54. The van der Waals surface area contributed by atoms with Crippen LogP contribution in [0.15, 0.2) is 66.5 Å². The monoisotopic (exact) mass is 242 g/mol. The van der Waals surface area contributed by atoms with Crippen molar-refractivity contribution in [2.75, 3.05) is 11.9 Å². The summed E-state index contributed by atoms with van der Waals surface area (Å²) in [5.41, 5.74) is 9.23. The number of nitrogens with two attached hydrogens (primary N) is 1. The molecule has 0 aliphatic rings. The van der Waals surface area contributed by atoms with Crippen LogP contribution >= 0.6 is 0 Å². The zero-order valence-corrected chi connectivity index (χ0v) is 11.3. The van der Waals surface area contributed by atoms with Crippen LogP contribution in [0.25, 0.3) is 0 Å². The van der Waals surface area contributed by atoms with E-state index in [0.717, 1.165) is 29.7 Å². The fourth-order valence-corrected chi connectivity index (χ4v) is 1.84. The highest BCUT2D eigenvalue weighted by atomic mass is 15.2. The van der Waals surface area contributed by atoms with Gasteiger partial charge in [-0.25, -0.2) is 0 Å². The molecule has 18 heavy (non-hydrogen) atoms. The summed E-state index contributed by atoms with van der Waals surface area (Å²) in [6.07, 6.45) is 3.77. The van der Waals surface area contributed by atoms with Crippen molar-refractivity contribution in [3.63, 3.8) is 0 Å². The smallest absolute Gasteiger partial charge is 0.111 e. The Kier molecular flexibility index (Phi) is 5.25. The van der Waals surface area contributed by atoms with Crippen LogP contribution in [0.5, 0.6) is 0 Å². The third-order valence-electron chi connectivity index (χ3n) is 2.92. The summed E-state index contributed by atoms with van der Waals surface area (Å²) in [7, 11) is 1.95. The first-order chi connectivity index (χ1) is 8.61. The molecule has 0 aliphatic carbocycles. The number of allylic oxidation sites excluding steroid dienone is 3. The lowest BCUT2D eigenvalue weighted by molar-refractivity contribution is 0.909. The maximum Gasteiger partial charge on any atom is 0.111 e. The molecule has 2 N–H and O–H groups in total. The van der Waals surface area contributed by atoms with E-state index in [2.05, 4.69) is 20.1 Å². The van der Waals surface area contributed by atoms with E-state index in [9.17, 15) is 0 Å². The highest BCUT2D eigenvalue weighted by Crippen LogP contribution is 2.22. The Balaban J connectivity index is 3.05. The molecular weight excluding hydrogens is 220 g/mol. The molecule has 2 heteroatoms. The van der Waals surface area contributed by atoms with Gasteiger partial charge in [-0.1, -0.05) is 50.8 Å². The van der Waals surface area contributed by atoms with Gasteiger partial charge in [0.1, 0.15) is 5.82 Å². The van der Waals surface area contributed by atoms with E-state index in [4.69, 9.17) is 5.73 Å². The summed E-state index contributed by atoms with van der Waals surface area (Å²) in [5, 5.41) is 0. The van der Waals surface area contributed by atoms with Crippen molar-refractivity contribution in [3.05, 3.63) is 66.5 Å². The summed E-state index contributed by atoms with van der Waals surface area (Å²) < 4.78 is 0. The number of nitrogens with zero attached hydrogens (tertiary/aromatic N) is 1. The van der Waals surface area contributed by atoms with Crippen molar-refractivity contribution in [2.45, 2.75) is 19.8 Å². The van der Waals surface area contributed by atoms with Crippen LogP contribution in [0.4, 0.5) is 5.69 Å². The molecule has 0 amide bonds. The zero-order chi connectivity index (χ0) is 13.5. The molecule has 0 spiro atoms. The molecule has 0 aliphatic heterocycles. The maximum absolute atomic E-state index is 6.21. The second-order valence-corrected chi connectivity index (χ2v) is 4.25. The van der Waals surface area contributed by atoms with Gasteiger partial charge >= 0.3 is 0 Å². The van der Waals surface area contributed by atoms with Gasteiger partial charge in [-0.2, -0.15) is 0 Å². The maximum atomic E-state index is 6.21. The van der Waals surface area contributed by atoms with Gasteiger partial charge in [-0.15, -0.1) is 0 Å². The Hall–Kier alpha value is -1.96. The van der Waals surface area contributed by atoms with E-state index in [0.29, 0.717) is 5.82 Å². The second-order valence-electron chi connectivity index (χ2n) is 4.25. The summed E-state index contributed by atoms with van der Waals surface area (Å²) in [5.74, 6) is 0.689. The molecular formula is C16H22N2. The molecule has 2 nitrogen and oxygen atoms in total. The summed E-state index contributed by atoms with van der Waals surface area (Å²) in [4.78, 5) is 1.96. The minimum absolute atomic E-state index is 0.689. The van der Waals surface area contributed by atoms with Gasteiger partial charge in [0.05, 0.1) is 0 Å². The lowest BCUT2D eigenvalue weighted by Gasteiger charge is -2.22. The van der Waals surface area contributed by atoms with Gasteiger partial charge in [-0.05, 0) is 24.1 Å². The van der Waals surface area contributed by atoms with Gasteiger partial charge in [0.2, 0.25) is 0 Å². The second kappa shape index (κ2) is 6.70. The van der Waals surface area contributed by atoms with Crippen LogP contribution in [0.1, 0.15) is 19.8 Å². The van der Waals surface area contributed by atoms with Crippen molar-refractivity contribution < 1.29 is 0 Å². The topological polar surface area (TPSA) is 29.3 Å². The van der Waals surface area contributed by atoms with Gasteiger partial charge < -0.3 is 10.6 Å². The Morgan fingerprint density at radius 2 is 1.94 bits per heavy atom. The van der Waals surface area contributed by atoms with Crippen molar-refractivity contribution in [1.82, 2.24) is 0 Å². The van der Waals surface area contributed by atoms with Crippen molar-refractivity contribution in [2.24, 2.45) is 5.73 Å². The average molecular weight is 242 g/mol. The molecule has 1 rings (SSSR count). The van der Waals surface area contributed by atoms with Crippen LogP contribution in [-0.2, 0) is 0 Å². The molecule has 96 valence electrons. The van der Waals surface area contributed by atoms with Crippen LogP contribution < -0.4 is 10.6 Å². The van der Waals surface area contributed by atoms with E-state index in [-0.39, 0.29) is 0 Å². The Morgan fingerprint density at radius 1 is 1.33 bits per heavy atom. The number of para-hydroxylation sites is 1. The van der Waals surface area contributed by atoms with Crippen LogP contribution in [0, 0.1) is 0 Å². The number of rotatable bonds is 6. The summed E-state index contributed by atoms with van der Waals surface area (Å²) in [6, 6.07) is 10.0. The Morgan fingerprint density at radius 3 is 2.44 bits per heavy atom. The molecule has 0 heterocycles. The molecule has 0 fully saturated rings. The number of hydrogen-bond acceptors (Lipinski definition) is 2. The van der Waals surface area contributed by atoms with Crippen LogP contribution in [-0.4, -0.2) is 7.05 Å². The summed E-state index contributed by atoms with van der Waals surface area (Å²) in [6.45, 7) is 10.0. The average Bonchev–Trinajstić information content (AvgIpc) is 2.40. The predicted octanol–water partition coefficient (Wildman–Crippen LogP) is 3.84. The van der Waals surface area contributed by atoms with E-state index in [1.807, 2.05) is 42.3 Å². The standard InChI is InChI=1S/C16H22N2/c1-5-10-13(3)15(6-2)16(17)18(4)14-11-8-7-9-12-14/h6-9,11-12H,2-3,5,10,17H2,1,4H3/b16-15+. The fourth-order valence-electron chi connectivity index (χ4n) is 1.84. The number of anilines is 1. The molecule has 0 bridgehead atoms. The van der Waals surface area contributed by atoms with Crippen LogP contribution in [0.3, 0.4) is 0 Å². The molecule has 0 radical (unpaired) electrons. The molecule has 1 aromatic carbocycles. The van der Waals surface area contributed by atoms with E-state index >= 15 is 0 Å². The Labute approximate surface area is 110 Å². The molecule has 0 atom stereocenters. The molecule has 1 aromatic rings. The molecule has 0 unspecified atom stereocenters. The van der Waals surface area contributed by atoms with Crippen molar-refractivity contribution >= 4 is 5.69 Å². The van der Waals surface area contributed by atoms with Crippen molar-refractivity contribution in [1.29, 1.82) is 0 Å². The third kappa shape index (κ3) is 3.27. The van der Waals surface area contributed by atoms with Gasteiger partial charge in [0.15, 0.2) is 0 Å². The van der Waals surface area contributed by atoms with Gasteiger partial charge in [-0.3, -0.25) is 0 Å². The normalized spacial score (nSPS) is 11.7.